The Labute approximate surface area is 57.1 Å². The second-order valence-electron chi connectivity index (χ2n) is 2.22. The van der Waals surface area contributed by atoms with Gasteiger partial charge in [-0.1, -0.05) is 20.8 Å². The van der Waals surface area contributed by atoms with Gasteiger partial charge in [-0.25, -0.2) is 0 Å². The average molecular weight is 131 g/mol. The van der Waals surface area contributed by atoms with Crippen LogP contribution in [0, 0.1) is 5.25 Å². The van der Waals surface area contributed by atoms with E-state index >= 15 is 0 Å². The summed E-state index contributed by atoms with van der Waals surface area (Å²) in [4.78, 5) is 0. The lowest BCUT2D eigenvalue weighted by Crippen LogP contribution is -1.90. The number of thioether (sulfide) groups is 1. The fourth-order valence-corrected chi connectivity index (χ4v) is 1.46. The Bertz CT molecular complexity index is 50.3. The molecule has 0 aliphatic rings. The fraction of sp³-hybridized carbons (Fsp3) is 0.857. The average Bonchev–Trinajstić information content (AvgIpc) is 1.65. The Morgan fingerprint density at radius 1 is 1.50 bits per heavy atom. The first-order valence-electron chi connectivity index (χ1n) is 3.16. The molecule has 0 aromatic carbocycles. The molecule has 0 heterocycles. The minimum Gasteiger partial charge on any atom is -0.151 e. The Kier molecular flexibility index (Phi) is 4.44. The van der Waals surface area contributed by atoms with Crippen molar-refractivity contribution >= 4 is 11.8 Å². The van der Waals surface area contributed by atoms with E-state index in [2.05, 4.69) is 27.7 Å². The van der Waals surface area contributed by atoms with Crippen LogP contribution in [-0.2, 0) is 0 Å². The van der Waals surface area contributed by atoms with Gasteiger partial charge in [0.1, 0.15) is 0 Å². The molecule has 0 aromatic rings. The standard InChI is InChI=1S/C7H15S/c1-5-7(4)8-6(2)3/h6H,5H2,1-4H3. The van der Waals surface area contributed by atoms with Gasteiger partial charge < -0.3 is 0 Å². The SMILES string of the molecule is CC[C](C)SC(C)C. The minimum atomic E-state index is 0.759. The minimum absolute atomic E-state index is 0.759. The quantitative estimate of drug-likeness (QED) is 0.567. The van der Waals surface area contributed by atoms with Gasteiger partial charge in [0.25, 0.3) is 0 Å². The van der Waals surface area contributed by atoms with E-state index in [0.717, 1.165) is 5.25 Å². The second kappa shape index (κ2) is 4.25. The Morgan fingerprint density at radius 2 is 2.00 bits per heavy atom. The highest BCUT2D eigenvalue weighted by molar-refractivity contribution is 8.02. The van der Waals surface area contributed by atoms with E-state index in [1.165, 1.54) is 6.42 Å². The molecule has 0 saturated heterocycles. The molecular formula is C7H15S. The molecule has 0 fully saturated rings. The summed E-state index contributed by atoms with van der Waals surface area (Å²) in [6.07, 6.45) is 1.21. The zero-order valence-electron chi connectivity index (χ0n) is 6.19. The van der Waals surface area contributed by atoms with E-state index in [0.29, 0.717) is 0 Å². The summed E-state index contributed by atoms with van der Waals surface area (Å²) in [5, 5.41) is 2.30. The van der Waals surface area contributed by atoms with E-state index < -0.39 is 0 Å². The molecule has 0 atom stereocenters. The molecule has 0 N–H and O–H groups in total. The lowest BCUT2D eigenvalue weighted by atomic mass is 10.4. The van der Waals surface area contributed by atoms with E-state index in [-0.39, 0.29) is 0 Å². The molecule has 0 unspecified atom stereocenters. The summed E-state index contributed by atoms with van der Waals surface area (Å²) in [6, 6.07) is 0. The lowest BCUT2D eigenvalue weighted by Gasteiger charge is -2.08. The van der Waals surface area contributed by atoms with Gasteiger partial charge in [-0.3, -0.25) is 0 Å². The van der Waals surface area contributed by atoms with Crippen molar-refractivity contribution in [2.45, 2.75) is 39.4 Å². The summed E-state index contributed by atoms with van der Waals surface area (Å²) in [5.74, 6) is 0. The maximum absolute atomic E-state index is 2.23. The molecule has 0 rings (SSSR count). The summed E-state index contributed by atoms with van der Waals surface area (Å²) < 4.78 is 0. The van der Waals surface area contributed by atoms with Crippen LogP contribution in [0.1, 0.15) is 34.1 Å². The maximum Gasteiger partial charge on any atom is 0.0275 e. The topological polar surface area (TPSA) is 0 Å². The van der Waals surface area contributed by atoms with Crippen molar-refractivity contribution in [1.29, 1.82) is 0 Å². The van der Waals surface area contributed by atoms with Crippen molar-refractivity contribution in [3.63, 3.8) is 0 Å². The normalized spacial score (nSPS) is 11.2. The number of hydrogen-bond donors (Lipinski definition) is 0. The molecule has 1 radical (unpaired) electrons. The third-order valence-corrected chi connectivity index (χ3v) is 2.10. The van der Waals surface area contributed by atoms with Gasteiger partial charge in [-0.05, 0) is 18.6 Å². The predicted octanol–water partition coefficient (Wildman–Crippen LogP) is 3.09. The van der Waals surface area contributed by atoms with Crippen molar-refractivity contribution in [3.8, 4) is 0 Å². The van der Waals surface area contributed by atoms with Crippen molar-refractivity contribution in [1.82, 2.24) is 0 Å². The van der Waals surface area contributed by atoms with Crippen molar-refractivity contribution in [3.05, 3.63) is 5.25 Å². The molecule has 0 aliphatic heterocycles. The predicted molar refractivity (Wildman–Crippen MR) is 41.9 cm³/mol. The molecule has 0 saturated carbocycles. The van der Waals surface area contributed by atoms with Crippen molar-refractivity contribution in [2.75, 3.05) is 0 Å². The van der Waals surface area contributed by atoms with E-state index in [1.54, 1.807) is 5.25 Å². The van der Waals surface area contributed by atoms with Gasteiger partial charge in [-0.2, -0.15) is 11.8 Å². The van der Waals surface area contributed by atoms with Gasteiger partial charge in [-0.15, -0.1) is 0 Å². The smallest absolute Gasteiger partial charge is 0.0275 e. The van der Waals surface area contributed by atoms with Crippen LogP contribution in [0.4, 0.5) is 0 Å². The molecular weight excluding hydrogens is 116 g/mol. The van der Waals surface area contributed by atoms with Crippen LogP contribution in [-0.4, -0.2) is 5.25 Å². The van der Waals surface area contributed by atoms with Crippen molar-refractivity contribution in [2.24, 2.45) is 0 Å². The summed E-state index contributed by atoms with van der Waals surface area (Å²) in [5.41, 5.74) is 0. The summed E-state index contributed by atoms with van der Waals surface area (Å²) in [6.45, 7) is 8.85. The maximum atomic E-state index is 2.23. The molecule has 8 heavy (non-hydrogen) atoms. The largest absolute Gasteiger partial charge is 0.151 e. The van der Waals surface area contributed by atoms with Gasteiger partial charge >= 0.3 is 0 Å². The van der Waals surface area contributed by atoms with Gasteiger partial charge in [0.15, 0.2) is 0 Å². The Morgan fingerprint density at radius 3 is 2.12 bits per heavy atom. The summed E-state index contributed by atoms with van der Waals surface area (Å²) in [7, 11) is 0. The second-order valence-corrected chi connectivity index (χ2v) is 4.10. The lowest BCUT2D eigenvalue weighted by molar-refractivity contribution is 1.03. The van der Waals surface area contributed by atoms with Crippen LogP contribution in [0.5, 0.6) is 0 Å². The molecule has 0 spiro atoms. The molecule has 0 aliphatic carbocycles. The summed E-state index contributed by atoms with van der Waals surface area (Å²) >= 11 is 1.97. The molecule has 0 bridgehead atoms. The first-order valence-corrected chi connectivity index (χ1v) is 4.03. The molecule has 0 aromatic heterocycles. The fourth-order valence-electron chi connectivity index (χ4n) is 0.486. The highest BCUT2D eigenvalue weighted by Crippen LogP contribution is 2.25. The highest BCUT2D eigenvalue weighted by Gasteiger charge is 2.01. The number of hydrogen-bond acceptors (Lipinski definition) is 1. The van der Waals surface area contributed by atoms with E-state index in [9.17, 15) is 0 Å². The third kappa shape index (κ3) is 4.51. The van der Waals surface area contributed by atoms with Crippen LogP contribution in [0.15, 0.2) is 0 Å². The van der Waals surface area contributed by atoms with Crippen LogP contribution < -0.4 is 0 Å². The Hall–Kier alpha value is 0.350. The highest BCUT2D eigenvalue weighted by atomic mass is 32.2. The van der Waals surface area contributed by atoms with Gasteiger partial charge in [0, 0.05) is 5.25 Å². The van der Waals surface area contributed by atoms with Gasteiger partial charge in [0.2, 0.25) is 0 Å². The van der Waals surface area contributed by atoms with Gasteiger partial charge in [0.05, 0.1) is 0 Å². The zero-order chi connectivity index (χ0) is 6.57. The number of rotatable bonds is 3. The van der Waals surface area contributed by atoms with Crippen LogP contribution in [0.3, 0.4) is 0 Å². The van der Waals surface area contributed by atoms with Crippen LogP contribution >= 0.6 is 11.8 Å². The molecule has 0 nitrogen and oxygen atoms in total. The first-order chi connectivity index (χ1) is 3.66. The van der Waals surface area contributed by atoms with Crippen LogP contribution in [0.2, 0.25) is 0 Å². The zero-order valence-corrected chi connectivity index (χ0v) is 7.01. The first kappa shape index (κ1) is 8.35. The third-order valence-electron chi connectivity index (χ3n) is 0.935. The molecule has 0 amide bonds. The monoisotopic (exact) mass is 131 g/mol. The van der Waals surface area contributed by atoms with E-state index in [1.807, 2.05) is 11.8 Å². The Balaban J connectivity index is 3.10. The van der Waals surface area contributed by atoms with Crippen molar-refractivity contribution < 1.29 is 0 Å². The van der Waals surface area contributed by atoms with E-state index in [4.69, 9.17) is 0 Å². The van der Waals surface area contributed by atoms with Crippen LogP contribution in [0.25, 0.3) is 0 Å². The molecule has 49 valence electrons. The molecule has 1 heteroatoms.